The molecule has 0 unspecified atom stereocenters. The highest BCUT2D eigenvalue weighted by atomic mass is 79.9. The van der Waals surface area contributed by atoms with E-state index in [4.69, 9.17) is 4.74 Å². The minimum absolute atomic E-state index is 0.761. The van der Waals surface area contributed by atoms with Crippen molar-refractivity contribution in [2.75, 3.05) is 7.11 Å². The SMILES string of the molecule is COc1ccn2c(C)nc(CBr)c2c1. The molecule has 0 N–H and O–H groups in total. The van der Waals surface area contributed by atoms with Crippen LogP contribution in [0.3, 0.4) is 0 Å². The Kier molecular flexibility index (Phi) is 2.46. The molecule has 0 atom stereocenters. The average molecular weight is 255 g/mol. The van der Waals surface area contributed by atoms with Gasteiger partial charge in [-0.2, -0.15) is 0 Å². The number of ether oxygens (including phenoxy) is 1. The molecule has 74 valence electrons. The molecule has 0 saturated carbocycles. The average Bonchev–Trinajstić information content (AvgIpc) is 2.55. The maximum atomic E-state index is 5.17. The van der Waals surface area contributed by atoms with E-state index >= 15 is 0 Å². The van der Waals surface area contributed by atoms with Crippen LogP contribution in [0.15, 0.2) is 18.3 Å². The summed E-state index contributed by atoms with van der Waals surface area (Å²) in [6.07, 6.45) is 1.97. The standard InChI is InChI=1S/C10H11BrN2O/c1-7-12-9(6-11)10-5-8(14-2)3-4-13(7)10/h3-5H,6H2,1-2H3. The molecular formula is C10H11BrN2O. The van der Waals surface area contributed by atoms with Crippen LogP contribution in [0, 0.1) is 6.92 Å². The zero-order valence-electron chi connectivity index (χ0n) is 8.12. The fourth-order valence-corrected chi connectivity index (χ4v) is 1.93. The zero-order valence-corrected chi connectivity index (χ0v) is 9.71. The van der Waals surface area contributed by atoms with Gasteiger partial charge in [0.15, 0.2) is 0 Å². The number of hydrogen-bond donors (Lipinski definition) is 0. The highest BCUT2D eigenvalue weighted by Crippen LogP contribution is 2.20. The van der Waals surface area contributed by atoms with Crippen LogP contribution in [0.5, 0.6) is 5.75 Å². The van der Waals surface area contributed by atoms with Gasteiger partial charge in [-0.3, -0.25) is 0 Å². The number of rotatable bonds is 2. The largest absolute Gasteiger partial charge is 0.497 e. The van der Waals surface area contributed by atoms with Crippen molar-refractivity contribution in [2.24, 2.45) is 0 Å². The third-order valence-corrected chi connectivity index (χ3v) is 2.76. The smallest absolute Gasteiger partial charge is 0.122 e. The fraction of sp³-hybridized carbons (Fsp3) is 0.300. The van der Waals surface area contributed by atoms with Crippen molar-refractivity contribution in [3.63, 3.8) is 0 Å². The Morgan fingerprint density at radius 3 is 3.00 bits per heavy atom. The van der Waals surface area contributed by atoms with Gasteiger partial charge in [-0.15, -0.1) is 0 Å². The van der Waals surface area contributed by atoms with Crippen LogP contribution in [0.25, 0.3) is 5.52 Å². The lowest BCUT2D eigenvalue weighted by atomic mass is 10.3. The zero-order chi connectivity index (χ0) is 10.1. The summed E-state index contributed by atoms with van der Waals surface area (Å²) in [6.45, 7) is 1.99. The summed E-state index contributed by atoms with van der Waals surface area (Å²) < 4.78 is 7.23. The van der Waals surface area contributed by atoms with Crippen LogP contribution < -0.4 is 4.74 Å². The molecular weight excluding hydrogens is 244 g/mol. The predicted octanol–water partition coefficient (Wildman–Crippen LogP) is 2.55. The molecule has 14 heavy (non-hydrogen) atoms. The van der Waals surface area contributed by atoms with Gasteiger partial charge >= 0.3 is 0 Å². The number of nitrogens with zero attached hydrogens (tertiary/aromatic N) is 2. The van der Waals surface area contributed by atoms with Crippen molar-refractivity contribution >= 4 is 21.4 Å². The molecule has 3 nitrogen and oxygen atoms in total. The lowest BCUT2D eigenvalue weighted by molar-refractivity contribution is 0.414. The van der Waals surface area contributed by atoms with Crippen LogP contribution in [-0.2, 0) is 5.33 Å². The number of hydrogen-bond acceptors (Lipinski definition) is 2. The van der Waals surface area contributed by atoms with E-state index in [2.05, 4.69) is 25.3 Å². The molecule has 0 fully saturated rings. The van der Waals surface area contributed by atoms with Crippen molar-refractivity contribution in [3.05, 3.63) is 29.8 Å². The van der Waals surface area contributed by atoms with Gasteiger partial charge in [-0.1, -0.05) is 15.9 Å². The molecule has 0 spiro atoms. The Hall–Kier alpha value is -1.03. The van der Waals surface area contributed by atoms with Crippen molar-refractivity contribution < 1.29 is 4.74 Å². The summed E-state index contributed by atoms with van der Waals surface area (Å²) in [7, 11) is 1.67. The Morgan fingerprint density at radius 2 is 2.36 bits per heavy atom. The first-order valence-corrected chi connectivity index (χ1v) is 5.46. The molecule has 0 aliphatic rings. The van der Waals surface area contributed by atoms with E-state index in [0.717, 1.165) is 28.1 Å². The lowest BCUT2D eigenvalue weighted by Crippen LogP contribution is -1.89. The third kappa shape index (κ3) is 1.39. The Labute approximate surface area is 90.8 Å². The van der Waals surface area contributed by atoms with Crippen molar-refractivity contribution in [2.45, 2.75) is 12.3 Å². The molecule has 0 aromatic carbocycles. The second kappa shape index (κ2) is 3.61. The Morgan fingerprint density at radius 1 is 1.57 bits per heavy atom. The molecule has 0 aliphatic carbocycles. The topological polar surface area (TPSA) is 26.5 Å². The van der Waals surface area contributed by atoms with Crippen LogP contribution >= 0.6 is 15.9 Å². The molecule has 2 aromatic rings. The van der Waals surface area contributed by atoms with Gasteiger partial charge in [0, 0.05) is 17.6 Å². The molecule has 0 radical (unpaired) electrons. The monoisotopic (exact) mass is 254 g/mol. The third-order valence-electron chi connectivity index (χ3n) is 2.23. The number of halogens is 1. The summed E-state index contributed by atoms with van der Waals surface area (Å²) in [5, 5.41) is 0.761. The molecule has 0 bridgehead atoms. The number of aryl methyl sites for hydroxylation is 1. The fourth-order valence-electron chi connectivity index (χ4n) is 1.52. The molecule has 2 rings (SSSR count). The van der Waals surface area contributed by atoms with Gasteiger partial charge in [0.2, 0.25) is 0 Å². The van der Waals surface area contributed by atoms with Crippen LogP contribution in [0.1, 0.15) is 11.5 Å². The predicted molar refractivity (Wildman–Crippen MR) is 59.1 cm³/mol. The minimum atomic E-state index is 0.761. The van der Waals surface area contributed by atoms with E-state index in [0.29, 0.717) is 0 Å². The second-order valence-electron chi connectivity index (χ2n) is 3.06. The first-order valence-electron chi connectivity index (χ1n) is 4.34. The van der Waals surface area contributed by atoms with Crippen molar-refractivity contribution in [3.8, 4) is 5.75 Å². The van der Waals surface area contributed by atoms with Gasteiger partial charge < -0.3 is 9.14 Å². The van der Waals surface area contributed by atoms with Gasteiger partial charge in [0.1, 0.15) is 11.6 Å². The summed E-state index contributed by atoms with van der Waals surface area (Å²) in [5.41, 5.74) is 2.14. The highest BCUT2D eigenvalue weighted by molar-refractivity contribution is 9.08. The maximum absolute atomic E-state index is 5.17. The van der Waals surface area contributed by atoms with Crippen LogP contribution in [0.2, 0.25) is 0 Å². The second-order valence-corrected chi connectivity index (χ2v) is 3.62. The van der Waals surface area contributed by atoms with Crippen LogP contribution in [0.4, 0.5) is 0 Å². The number of imidazole rings is 1. The normalized spacial score (nSPS) is 10.8. The van der Waals surface area contributed by atoms with Gasteiger partial charge in [0.25, 0.3) is 0 Å². The molecule has 4 heteroatoms. The summed E-state index contributed by atoms with van der Waals surface area (Å²) in [6, 6.07) is 3.93. The molecule has 2 heterocycles. The number of pyridine rings is 1. The van der Waals surface area contributed by atoms with E-state index in [1.54, 1.807) is 7.11 Å². The van der Waals surface area contributed by atoms with E-state index < -0.39 is 0 Å². The summed E-state index contributed by atoms with van der Waals surface area (Å²) in [4.78, 5) is 4.44. The minimum Gasteiger partial charge on any atom is -0.497 e. The van der Waals surface area contributed by atoms with Crippen molar-refractivity contribution in [1.82, 2.24) is 9.38 Å². The van der Waals surface area contributed by atoms with Crippen LogP contribution in [-0.4, -0.2) is 16.5 Å². The quantitative estimate of drug-likeness (QED) is 0.771. The first kappa shape index (κ1) is 9.52. The maximum Gasteiger partial charge on any atom is 0.122 e. The Balaban J connectivity index is 2.71. The Bertz CT molecular complexity index is 464. The number of alkyl halides is 1. The van der Waals surface area contributed by atoms with E-state index in [-0.39, 0.29) is 0 Å². The van der Waals surface area contributed by atoms with Gasteiger partial charge in [-0.25, -0.2) is 4.98 Å². The number of aromatic nitrogens is 2. The van der Waals surface area contributed by atoms with E-state index in [9.17, 15) is 0 Å². The van der Waals surface area contributed by atoms with E-state index in [1.165, 1.54) is 0 Å². The molecule has 0 aliphatic heterocycles. The van der Waals surface area contributed by atoms with Gasteiger partial charge in [-0.05, 0) is 13.0 Å². The number of methoxy groups -OCH3 is 1. The lowest BCUT2D eigenvalue weighted by Gasteiger charge is -2.01. The summed E-state index contributed by atoms with van der Waals surface area (Å²) >= 11 is 3.42. The van der Waals surface area contributed by atoms with Crippen molar-refractivity contribution in [1.29, 1.82) is 0 Å². The highest BCUT2D eigenvalue weighted by Gasteiger charge is 2.07. The van der Waals surface area contributed by atoms with Gasteiger partial charge in [0.05, 0.1) is 18.3 Å². The number of fused-ring (bicyclic) bond motifs is 1. The molecule has 2 aromatic heterocycles. The van der Waals surface area contributed by atoms with E-state index in [1.807, 2.05) is 25.3 Å². The summed E-state index contributed by atoms with van der Waals surface area (Å²) in [5.74, 6) is 1.86. The molecule has 0 saturated heterocycles. The molecule has 0 amide bonds. The first-order chi connectivity index (χ1) is 6.76.